The van der Waals surface area contributed by atoms with Gasteiger partial charge in [0.05, 0.1) is 12.6 Å². The molecule has 2 rings (SSSR count). The summed E-state index contributed by atoms with van der Waals surface area (Å²) in [6.07, 6.45) is -9.12. The first-order chi connectivity index (χ1) is 17.5. The highest BCUT2D eigenvalue weighted by atomic mass is 16.8. The lowest BCUT2D eigenvalue weighted by atomic mass is 9.96. The van der Waals surface area contributed by atoms with Crippen molar-refractivity contribution in [3.05, 3.63) is 20.9 Å². The Morgan fingerprint density at radius 2 is 1.38 bits per heavy atom. The maximum absolute atomic E-state index is 11.9. The van der Waals surface area contributed by atoms with E-state index in [0.717, 1.165) is 13.8 Å². The minimum atomic E-state index is -1.47. The van der Waals surface area contributed by atoms with Crippen LogP contribution in [0.3, 0.4) is 0 Å². The molecule has 0 aliphatic carbocycles. The van der Waals surface area contributed by atoms with E-state index in [1.165, 1.54) is 13.8 Å². The molecule has 0 aromatic rings. The summed E-state index contributed by atoms with van der Waals surface area (Å²) in [5, 5.41) is 14.8. The number of rotatable bonds is 10. The summed E-state index contributed by atoms with van der Waals surface area (Å²) < 4.78 is 39.2. The van der Waals surface area contributed by atoms with E-state index in [1.807, 2.05) is 0 Å². The Morgan fingerprint density at radius 1 is 0.811 bits per heavy atom. The molecule has 204 valence electrons. The molecule has 0 spiro atoms. The third-order valence-electron chi connectivity index (χ3n) is 5.28. The molecule has 2 fully saturated rings. The number of nitrogens with zero attached hydrogens (tertiary/aromatic N) is 6. The Hall–Kier alpha value is -3.62. The maximum atomic E-state index is 11.9. The lowest BCUT2D eigenvalue weighted by molar-refractivity contribution is -0.284. The average Bonchev–Trinajstić information content (AvgIpc) is 3.10. The Morgan fingerprint density at radius 3 is 1.89 bits per heavy atom. The van der Waals surface area contributed by atoms with Gasteiger partial charge in [0, 0.05) is 37.5 Å². The minimum Gasteiger partial charge on any atom is -0.458 e. The topological polar surface area (TPSA) is 237 Å². The molecule has 2 heterocycles. The van der Waals surface area contributed by atoms with Gasteiger partial charge in [-0.2, -0.15) is 0 Å². The van der Waals surface area contributed by atoms with Crippen LogP contribution in [-0.2, 0) is 47.5 Å². The third-order valence-corrected chi connectivity index (χ3v) is 5.28. The molecule has 2 aliphatic heterocycles. The summed E-state index contributed by atoms with van der Waals surface area (Å²) in [6.45, 7) is 6.14. The van der Waals surface area contributed by atoms with Gasteiger partial charge in [-0.25, -0.2) is 0 Å². The summed E-state index contributed by atoms with van der Waals surface area (Å²) in [7, 11) is 0. The largest absolute Gasteiger partial charge is 0.458 e. The van der Waals surface area contributed by atoms with Crippen LogP contribution in [0.5, 0.6) is 0 Å². The van der Waals surface area contributed by atoms with E-state index in [2.05, 4.69) is 20.1 Å². The van der Waals surface area contributed by atoms with Crippen LogP contribution in [0.15, 0.2) is 10.2 Å². The molecule has 37 heavy (non-hydrogen) atoms. The zero-order valence-electron chi connectivity index (χ0n) is 20.9. The van der Waals surface area contributed by atoms with Crippen LogP contribution in [-0.4, -0.2) is 85.6 Å². The second-order valence-corrected chi connectivity index (χ2v) is 8.10. The fourth-order valence-corrected chi connectivity index (χ4v) is 4.04. The Kier molecular flexibility index (Phi) is 10.9. The van der Waals surface area contributed by atoms with E-state index >= 15 is 0 Å². The minimum absolute atomic E-state index is 0.202. The number of azide groups is 2. The van der Waals surface area contributed by atoms with Gasteiger partial charge in [-0.15, -0.1) is 0 Å². The van der Waals surface area contributed by atoms with E-state index in [4.69, 9.17) is 44.1 Å². The molecular formula is C20H29N7O10. The van der Waals surface area contributed by atoms with Crippen molar-refractivity contribution in [2.45, 2.75) is 96.3 Å². The van der Waals surface area contributed by atoms with Crippen LogP contribution in [0.25, 0.3) is 20.9 Å². The van der Waals surface area contributed by atoms with Crippen molar-refractivity contribution >= 4 is 23.8 Å². The number of hydrogen-bond donors (Lipinski definition) is 1. The van der Waals surface area contributed by atoms with Crippen molar-refractivity contribution in [3.8, 4) is 0 Å². The summed E-state index contributed by atoms with van der Waals surface area (Å²) in [5.41, 5.74) is 18.0. The lowest BCUT2D eigenvalue weighted by Crippen LogP contribution is -2.62. The predicted octanol–water partition coefficient (Wildman–Crippen LogP) is 2.03. The van der Waals surface area contributed by atoms with Gasteiger partial charge in [-0.3, -0.25) is 19.8 Å². The monoisotopic (exact) mass is 527 g/mol. The van der Waals surface area contributed by atoms with Gasteiger partial charge in [0.25, 0.3) is 0 Å². The van der Waals surface area contributed by atoms with Gasteiger partial charge in [0.2, 0.25) is 6.29 Å². The summed E-state index contributed by atoms with van der Waals surface area (Å²) in [4.78, 5) is 41.0. The van der Waals surface area contributed by atoms with Crippen LogP contribution in [0.4, 0.5) is 0 Å². The van der Waals surface area contributed by atoms with Crippen molar-refractivity contribution in [1.82, 2.24) is 0 Å². The molecule has 2 aliphatic rings. The first kappa shape index (κ1) is 29.6. The molecule has 0 aromatic heterocycles. The van der Waals surface area contributed by atoms with E-state index in [-0.39, 0.29) is 12.4 Å². The fourth-order valence-electron chi connectivity index (χ4n) is 4.04. The van der Waals surface area contributed by atoms with Crippen molar-refractivity contribution in [2.75, 3.05) is 6.54 Å². The highest BCUT2D eigenvalue weighted by molar-refractivity contribution is 5.70. The Bertz CT molecular complexity index is 967. The van der Waals surface area contributed by atoms with Crippen molar-refractivity contribution in [2.24, 2.45) is 10.2 Å². The number of carbonyl (C=O) groups excluding carboxylic acids is 3. The van der Waals surface area contributed by atoms with Gasteiger partial charge >= 0.3 is 17.9 Å². The predicted molar refractivity (Wildman–Crippen MR) is 121 cm³/mol. The smallest absolute Gasteiger partial charge is 0.303 e. The van der Waals surface area contributed by atoms with Gasteiger partial charge in [-0.05, 0) is 17.5 Å². The number of nitrogens with one attached hydrogen (secondary N) is 1. The molecule has 2 saturated heterocycles. The molecule has 9 atom stereocenters. The molecule has 0 aromatic carbocycles. The SMILES string of the molecule is CC[C@H]1OC(OC(C)=N)[C@H](OC(C)=O)[C@@H]1O[C@H]1O[C@@H](CN=[N+]=[N-])[C@@H](OC(C)=O)[C@H](OC(C)=O)[C@H]1N=[N+]=[N-]. The second kappa shape index (κ2) is 13.6. The zero-order chi connectivity index (χ0) is 27.7. The van der Waals surface area contributed by atoms with Crippen LogP contribution in [0.2, 0.25) is 0 Å². The molecule has 1 unspecified atom stereocenters. The molecule has 0 saturated carbocycles. The molecule has 17 heteroatoms. The molecule has 17 nitrogen and oxygen atoms in total. The number of carbonyl (C=O) groups is 3. The standard InChI is InChI=1S/C20H29N7O10/c1-6-12-15(18(34-11(5)30)20(35-12)31-8(2)21)37-19-14(25-27-23)17(33-10(4)29)16(32-9(3)28)13(36-19)7-24-26-22/h12-21H,6-7H2,1-5H3/t12-,13+,14-,15-,16-,17-,18-,19-,20?/m1/s1. The first-order valence-electron chi connectivity index (χ1n) is 11.3. The second-order valence-electron chi connectivity index (χ2n) is 8.10. The van der Waals surface area contributed by atoms with Gasteiger partial charge in [-0.1, -0.05) is 17.2 Å². The molecular weight excluding hydrogens is 498 g/mol. The third kappa shape index (κ3) is 7.93. The zero-order valence-corrected chi connectivity index (χ0v) is 20.9. The summed E-state index contributed by atoms with van der Waals surface area (Å²) >= 11 is 0. The van der Waals surface area contributed by atoms with Crippen molar-refractivity contribution in [3.63, 3.8) is 0 Å². The normalized spacial score (nSPS) is 32.7. The van der Waals surface area contributed by atoms with E-state index in [9.17, 15) is 19.9 Å². The van der Waals surface area contributed by atoms with E-state index in [1.54, 1.807) is 6.92 Å². The summed E-state index contributed by atoms with van der Waals surface area (Å²) in [5.74, 6) is -2.43. The van der Waals surface area contributed by atoms with E-state index < -0.39 is 73.2 Å². The molecule has 1 N–H and O–H groups in total. The van der Waals surface area contributed by atoms with Gasteiger partial charge in [0.15, 0.2) is 30.5 Å². The highest BCUT2D eigenvalue weighted by Crippen LogP contribution is 2.35. The van der Waals surface area contributed by atoms with Crippen molar-refractivity contribution < 1.29 is 47.5 Å². The molecule has 0 amide bonds. The molecule has 0 bridgehead atoms. The van der Waals surface area contributed by atoms with Crippen LogP contribution in [0.1, 0.15) is 41.0 Å². The Labute approximate surface area is 211 Å². The molecule has 0 radical (unpaired) electrons. The van der Waals surface area contributed by atoms with Gasteiger partial charge < -0.3 is 33.2 Å². The Balaban J connectivity index is 2.51. The first-order valence-corrected chi connectivity index (χ1v) is 11.3. The number of esters is 3. The van der Waals surface area contributed by atoms with E-state index in [0.29, 0.717) is 6.42 Å². The quantitative estimate of drug-likeness (QED) is 0.0824. The van der Waals surface area contributed by atoms with Crippen molar-refractivity contribution in [1.29, 1.82) is 5.41 Å². The number of hydrogen-bond acceptors (Lipinski definition) is 13. The lowest BCUT2D eigenvalue weighted by Gasteiger charge is -2.44. The maximum Gasteiger partial charge on any atom is 0.303 e. The van der Waals surface area contributed by atoms with Crippen LogP contribution < -0.4 is 0 Å². The van der Waals surface area contributed by atoms with Gasteiger partial charge in [0.1, 0.15) is 18.2 Å². The fraction of sp³-hybridized carbons (Fsp3) is 0.800. The number of ether oxygens (including phenoxy) is 7. The average molecular weight is 527 g/mol. The van der Waals surface area contributed by atoms with Crippen LogP contribution >= 0.6 is 0 Å². The highest BCUT2D eigenvalue weighted by Gasteiger charge is 2.55. The van der Waals surface area contributed by atoms with Crippen LogP contribution in [0, 0.1) is 5.41 Å². The summed E-state index contributed by atoms with van der Waals surface area (Å²) in [6, 6.07) is -1.39.